The number of rotatable bonds is 2. The molecule has 1 fully saturated rings. The molecule has 4 atom stereocenters. The zero-order valence-corrected chi connectivity index (χ0v) is 10.6. The van der Waals surface area contributed by atoms with Gasteiger partial charge >= 0.3 is 5.69 Å². The summed E-state index contributed by atoms with van der Waals surface area (Å²) in [4.78, 5) is 25.2. The lowest BCUT2D eigenvalue weighted by atomic mass is 9.95. The van der Waals surface area contributed by atoms with Gasteiger partial charge in [0.2, 0.25) is 0 Å². The summed E-state index contributed by atoms with van der Waals surface area (Å²) in [7, 11) is 0. The number of aromatic amines is 1. The Hall–Kier alpha value is -1.92. The van der Waals surface area contributed by atoms with Crippen LogP contribution in [-0.4, -0.2) is 49.3 Å². The fraction of sp³-hybridized carbons (Fsp3) is 0.500. The maximum atomic E-state index is 11.8. The molecule has 0 spiro atoms. The largest absolute Gasteiger partial charge is 0.394 e. The highest BCUT2D eigenvalue weighted by Gasteiger charge is 2.55. The third-order valence-electron chi connectivity index (χ3n) is 3.29. The summed E-state index contributed by atoms with van der Waals surface area (Å²) < 4.78 is 6.12. The molecule has 1 aliphatic heterocycles. The molecule has 0 aromatic carbocycles. The van der Waals surface area contributed by atoms with E-state index in [1.54, 1.807) is 0 Å². The lowest BCUT2D eigenvalue weighted by Gasteiger charge is -2.26. The van der Waals surface area contributed by atoms with Crippen LogP contribution in [0.1, 0.15) is 11.8 Å². The highest BCUT2D eigenvalue weighted by molar-refractivity contribution is 5.19. The molecule has 2 heterocycles. The second kappa shape index (κ2) is 4.88. The smallest absolute Gasteiger partial charge is 0.330 e. The van der Waals surface area contributed by atoms with Gasteiger partial charge in [-0.15, -0.1) is 6.42 Å². The van der Waals surface area contributed by atoms with Crippen molar-refractivity contribution in [1.29, 1.82) is 0 Å². The number of aliphatic hydroxyl groups is 3. The van der Waals surface area contributed by atoms with E-state index in [-0.39, 0.29) is 5.56 Å². The summed E-state index contributed by atoms with van der Waals surface area (Å²) in [5, 5.41) is 29.3. The molecule has 8 heteroatoms. The first kappa shape index (κ1) is 14.5. The Bertz CT molecular complexity index is 672. The molecule has 1 aromatic heterocycles. The van der Waals surface area contributed by atoms with E-state index in [1.165, 1.54) is 13.1 Å². The normalized spacial score (nSPS) is 33.0. The van der Waals surface area contributed by atoms with Crippen LogP contribution in [0.3, 0.4) is 0 Å². The molecule has 0 aliphatic carbocycles. The second-order valence-corrected chi connectivity index (χ2v) is 4.60. The number of aromatic nitrogens is 2. The minimum absolute atomic E-state index is 0.203. The number of hydrogen-bond donors (Lipinski definition) is 4. The van der Waals surface area contributed by atoms with Crippen molar-refractivity contribution in [3.8, 4) is 12.3 Å². The van der Waals surface area contributed by atoms with Crippen molar-refractivity contribution in [2.45, 2.75) is 31.0 Å². The Morgan fingerprint density at radius 2 is 2.25 bits per heavy atom. The van der Waals surface area contributed by atoms with Crippen molar-refractivity contribution in [2.24, 2.45) is 0 Å². The van der Waals surface area contributed by atoms with Crippen LogP contribution in [0, 0.1) is 19.3 Å². The fourth-order valence-electron chi connectivity index (χ4n) is 2.11. The molecule has 0 saturated carbocycles. The SMILES string of the molecule is C#C[C@@]1(O)[C@H](O)[C@@H](CO)O[C@H]1n1cc(C)c(=O)[nH]c1=O. The summed E-state index contributed by atoms with van der Waals surface area (Å²) in [6.45, 7) is 0.872. The second-order valence-electron chi connectivity index (χ2n) is 4.60. The van der Waals surface area contributed by atoms with E-state index < -0.39 is 41.9 Å². The van der Waals surface area contributed by atoms with E-state index in [4.69, 9.17) is 16.3 Å². The molecule has 0 amide bonds. The molecular weight excluding hydrogens is 268 g/mol. The van der Waals surface area contributed by atoms with Crippen LogP contribution >= 0.6 is 0 Å². The first-order chi connectivity index (χ1) is 9.35. The minimum atomic E-state index is -2.19. The van der Waals surface area contributed by atoms with Gasteiger partial charge in [0.1, 0.15) is 12.2 Å². The average Bonchev–Trinajstić information content (AvgIpc) is 2.67. The molecule has 1 aliphatic rings. The summed E-state index contributed by atoms with van der Waals surface area (Å²) >= 11 is 0. The first-order valence-electron chi connectivity index (χ1n) is 5.81. The average molecular weight is 282 g/mol. The molecule has 0 bridgehead atoms. The van der Waals surface area contributed by atoms with Crippen LogP contribution in [0.2, 0.25) is 0 Å². The van der Waals surface area contributed by atoms with Crippen molar-refractivity contribution in [1.82, 2.24) is 9.55 Å². The van der Waals surface area contributed by atoms with E-state index >= 15 is 0 Å². The van der Waals surface area contributed by atoms with E-state index in [0.717, 1.165) is 4.57 Å². The maximum Gasteiger partial charge on any atom is 0.330 e. The standard InChI is InChI=1S/C12H14N2O6/c1-3-12(19)8(16)7(5-15)20-10(12)14-4-6(2)9(17)13-11(14)18/h1,4,7-8,10,15-16,19H,5H2,2H3,(H,13,17,18)/t7-,8-,10-,12-/m1/s1. The van der Waals surface area contributed by atoms with Gasteiger partial charge in [0.05, 0.1) is 6.61 Å². The van der Waals surface area contributed by atoms with Gasteiger partial charge in [0.25, 0.3) is 5.56 Å². The number of nitrogens with zero attached hydrogens (tertiary/aromatic N) is 1. The van der Waals surface area contributed by atoms with Crippen molar-refractivity contribution in [3.63, 3.8) is 0 Å². The van der Waals surface area contributed by atoms with Crippen LogP contribution < -0.4 is 11.2 Å². The molecule has 20 heavy (non-hydrogen) atoms. The lowest BCUT2D eigenvalue weighted by Crippen LogP contribution is -2.48. The summed E-state index contributed by atoms with van der Waals surface area (Å²) in [6, 6.07) is 0. The number of H-pyrrole nitrogens is 1. The third kappa shape index (κ3) is 1.97. The van der Waals surface area contributed by atoms with Crippen molar-refractivity contribution in [3.05, 3.63) is 32.6 Å². The monoisotopic (exact) mass is 282 g/mol. The first-order valence-corrected chi connectivity index (χ1v) is 5.81. The van der Waals surface area contributed by atoms with Crippen LogP contribution in [0.4, 0.5) is 0 Å². The molecule has 108 valence electrons. The summed E-state index contributed by atoms with van der Waals surface area (Å²) in [5.74, 6) is 1.98. The highest BCUT2D eigenvalue weighted by Crippen LogP contribution is 2.37. The third-order valence-corrected chi connectivity index (χ3v) is 3.29. The van der Waals surface area contributed by atoms with Crippen LogP contribution in [0.15, 0.2) is 15.8 Å². The number of aliphatic hydroxyl groups excluding tert-OH is 2. The Morgan fingerprint density at radius 3 is 2.80 bits per heavy atom. The summed E-state index contributed by atoms with van der Waals surface area (Å²) in [5.41, 5.74) is -3.41. The lowest BCUT2D eigenvalue weighted by molar-refractivity contribution is -0.0765. The van der Waals surface area contributed by atoms with E-state index in [9.17, 15) is 19.8 Å². The molecule has 0 radical (unpaired) electrons. The van der Waals surface area contributed by atoms with Gasteiger partial charge in [-0.25, -0.2) is 4.79 Å². The number of ether oxygens (including phenoxy) is 1. The summed E-state index contributed by atoms with van der Waals surface area (Å²) in [6.07, 6.45) is 2.26. The van der Waals surface area contributed by atoms with Crippen molar-refractivity contribution >= 4 is 0 Å². The number of hydrogen-bond acceptors (Lipinski definition) is 6. The van der Waals surface area contributed by atoms with Gasteiger partial charge in [-0.3, -0.25) is 14.3 Å². The van der Waals surface area contributed by atoms with Gasteiger partial charge in [0, 0.05) is 11.8 Å². The number of nitrogens with one attached hydrogen (secondary N) is 1. The molecule has 0 unspecified atom stereocenters. The zero-order chi connectivity index (χ0) is 15.1. The van der Waals surface area contributed by atoms with Gasteiger partial charge in [-0.2, -0.15) is 0 Å². The predicted molar refractivity (Wildman–Crippen MR) is 66.8 cm³/mol. The molecule has 4 N–H and O–H groups in total. The van der Waals surface area contributed by atoms with Crippen molar-refractivity contribution in [2.75, 3.05) is 6.61 Å². The van der Waals surface area contributed by atoms with E-state index in [1.807, 2.05) is 10.9 Å². The molecule has 1 aromatic rings. The zero-order valence-electron chi connectivity index (χ0n) is 10.6. The van der Waals surface area contributed by atoms with Gasteiger partial charge in [-0.05, 0) is 6.92 Å². The van der Waals surface area contributed by atoms with Crippen LogP contribution in [0.25, 0.3) is 0 Å². The number of aryl methyl sites for hydroxylation is 1. The Balaban J connectivity index is 2.58. The quantitative estimate of drug-likeness (QED) is 0.443. The Labute approximate surface area is 113 Å². The molecule has 2 rings (SSSR count). The van der Waals surface area contributed by atoms with Crippen LogP contribution in [-0.2, 0) is 4.74 Å². The highest BCUT2D eigenvalue weighted by atomic mass is 16.6. The van der Waals surface area contributed by atoms with Crippen LogP contribution in [0.5, 0.6) is 0 Å². The minimum Gasteiger partial charge on any atom is -0.394 e. The molecular formula is C12H14N2O6. The predicted octanol–water partition coefficient (Wildman–Crippen LogP) is -2.54. The van der Waals surface area contributed by atoms with Crippen molar-refractivity contribution < 1.29 is 20.1 Å². The molecule has 8 nitrogen and oxygen atoms in total. The molecule has 1 saturated heterocycles. The van der Waals surface area contributed by atoms with Gasteiger partial charge in [0.15, 0.2) is 11.8 Å². The maximum absolute atomic E-state index is 11.8. The fourth-order valence-corrected chi connectivity index (χ4v) is 2.11. The van der Waals surface area contributed by atoms with Gasteiger partial charge in [-0.1, -0.05) is 5.92 Å². The Kier molecular flexibility index (Phi) is 3.54. The van der Waals surface area contributed by atoms with E-state index in [0.29, 0.717) is 0 Å². The van der Waals surface area contributed by atoms with Gasteiger partial charge < -0.3 is 20.1 Å². The topological polar surface area (TPSA) is 125 Å². The number of terminal acetylenes is 1. The Morgan fingerprint density at radius 1 is 1.60 bits per heavy atom. The van der Waals surface area contributed by atoms with E-state index in [2.05, 4.69) is 0 Å².